The summed E-state index contributed by atoms with van der Waals surface area (Å²) < 4.78 is 0. The number of hydrogen-bond acceptors (Lipinski definition) is 4. The maximum absolute atomic E-state index is 12.8. The molecule has 0 aliphatic rings. The first-order valence-electron chi connectivity index (χ1n) is 8.18. The van der Waals surface area contributed by atoms with Gasteiger partial charge in [-0.2, -0.15) is 0 Å². The van der Waals surface area contributed by atoms with Crippen LogP contribution in [0.1, 0.15) is 36.2 Å². The smallest absolute Gasteiger partial charge is 0.179 e. The molecule has 0 bridgehead atoms. The second-order valence-electron chi connectivity index (χ2n) is 5.64. The number of carbonyl (C=O) groups excluding carboxylic acids is 1. The lowest BCUT2D eigenvalue weighted by Gasteiger charge is -2.29. The Balaban J connectivity index is 2.06. The van der Waals surface area contributed by atoms with Gasteiger partial charge in [0.1, 0.15) is 0 Å². The van der Waals surface area contributed by atoms with E-state index in [0.29, 0.717) is 5.69 Å². The molecule has 122 valence electrons. The van der Waals surface area contributed by atoms with E-state index in [0.717, 1.165) is 31.5 Å². The van der Waals surface area contributed by atoms with Crippen molar-refractivity contribution in [2.24, 2.45) is 0 Å². The summed E-state index contributed by atoms with van der Waals surface area (Å²) in [5.74, 6) is 0.170. The van der Waals surface area contributed by atoms with Gasteiger partial charge in [0.05, 0.1) is 6.04 Å². The Morgan fingerprint density at radius 1 is 1.13 bits per heavy atom. The molecule has 4 nitrogen and oxygen atoms in total. The number of nitrogen functional groups attached to an aromatic ring is 1. The van der Waals surface area contributed by atoms with Crippen LogP contribution < -0.4 is 5.73 Å². The monoisotopic (exact) mass is 311 g/mol. The molecule has 1 atom stereocenters. The van der Waals surface area contributed by atoms with Gasteiger partial charge in [0.15, 0.2) is 5.78 Å². The molecule has 1 heterocycles. The topological polar surface area (TPSA) is 59.2 Å². The number of Topliss-reactive ketones (excluding diaryl/α,β-unsaturated/α-hetero) is 1. The second-order valence-corrected chi connectivity index (χ2v) is 5.64. The first-order chi connectivity index (χ1) is 11.2. The summed E-state index contributed by atoms with van der Waals surface area (Å²) in [4.78, 5) is 19.1. The molecular weight excluding hydrogens is 286 g/mol. The maximum Gasteiger partial charge on any atom is 0.179 e. The average molecular weight is 311 g/mol. The Morgan fingerprint density at radius 3 is 2.35 bits per heavy atom. The van der Waals surface area contributed by atoms with Crippen LogP contribution in [0.3, 0.4) is 0 Å². The van der Waals surface area contributed by atoms with Crippen LogP contribution in [0, 0.1) is 0 Å². The maximum atomic E-state index is 12.8. The Kier molecular flexibility index (Phi) is 6.29. The Morgan fingerprint density at radius 2 is 1.78 bits per heavy atom. The van der Waals surface area contributed by atoms with Crippen LogP contribution in [0.4, 0.5) is 5.69 Å². The van der Waals surface area contributed by atoms with Crippen LogP contribution in [0.2, 0.25) is 0 Å². The van der Waals surface area contributed by atoms with Crippen molar-refractivity contribution in [3.8, 4) is 0 Å². The molecular formula is C19H25N3O. The van der Waals surface area contributed by atoms with Crippen molar-refractivity contribution in [1.29, 1.82) is 0 Å². The first kappa shape index (κ1) is 17.2. The normalized spacial score (nSPS) is 12.3. The third-order valence-electron chi connectivity index (χ3n) is 4.17. The van der Waals surface area contributed by atoms with Crippen molar-refractivity contribution < 1.29 is 4.79 Å². The summed E-state index contributed by atoms with van der Waals surface area (Å²) in [6.45, 7) is 5.88. The highest BCUT2D eigenvalue weighted by molar-refractivity contribution is 6.00. The molecule has 0 fully saturated rings. The SMILES string of the molecule is CCC(C(=O)c1ccc(N)cc1)N(CC)CCc1ccncc1. The molecule has 4 heteroatoms. The molecule has 2 rings (SSSR count). The minimum atomic E-state index is -0.0922. The minimum absolute atomic E-state index is 0.0922. The number of benzene rings is 1. The number of aromatic nitrogens is 1. The van der Waals surface area contributed by atoms with Crippen molar-refractivity contribution >= 4 is 11.5 Å². The quantitative estimate of drug-likeness (QED) is 0.601. The van der Waals surface area contributed by atoms with E-state index in [1.54, 1.807) is 12.1 Å². The number of rotatable bonds is 8. The van der Waals surface area contributed by atoms with Crippen molar-refractivity contribution in [1.82, 2.24) is 9.88 Å². The summed E-state index contributed by atoms with van der Waals surface area (Å²) >= 11 is 0. The summed E-state index contributed by atoms with van der Waals surface area (Å²) in [5, 5.41) is 0. The average Bonchev–Trinajstić information content (AvgIpc) is 2.59. The summed E-state index contributed by atoms with van der Waals surface area (Å²) in [5.41, 5.74) is 8.36. The standard InChI is InChI=1S/C19H25N3O/c1-3-18(19(23)16-5-7-17(20)8-6-16)22(4-2)14-11-15-9-12-21-13-10-15/h5-10,12-13,18H,3-4,11,14,20H2,1-2H3. The predicted octanol–water partition coefficient (Wildman–Crippen LogP) is 3.19. The molecule has 1 aromatic carbocycles. The lowest BCUT2D eigenvalue weighted by atomic mass is 10.00. The van der Waals surface area contributed by atoms with Gasteiger partial charge >= 0.3 is 0 Å². The van der Waals surface area contributed by atoms with Gasteiger partial charge in [-0.15, -0.1) is 0 Å². The van der Waals surface area contributed by atoms with E-state index < -0.39 is 0 Å². The van der Waals surface area contributed by atoms with Crippen LogP contribution in [0.25, 0.3) is 0 Å². The molecule has 23 heavy (non-hydrogen) atoms. The van der Waals surface area contributed by atoms with E-state index in [4.69, 9.17) is 5.73 Å². The fraction of sp³-hybridized carbons (Fsp3) is 0.368. The first-order valence-corrected chi connectivity index (χ1v) is 8.18. The van der Waals surface area contributed by atoms with E-state index in [1.165, 1.54) is 5.56 Å². The van der Waals surface area contributed by atoms with Gasteiger partial charge in [0.25, 0.3) is 0 Å². The number of ketones is 1. The van der Waals surface area contributed by atoms with E-state index in [-0.39, 0.29) is 11.8 Å². The van der Waals surface area contributed by atoms with Gasteiger partial charge in [-0.05, 0) is 61.3 Å². The lowest BCUT2D eigenvalue weighted by Crippen LogP contribution is -2.42. The van der Waals surface area contributed by atoms with E-state index >= 15 is 0 Å². The van der Waals surface area contributed by atoms with Gasteiger partial charge in [-0.25, -0.2) is 0 Å². The third-order valence-corrected chi connectivity index (χ3v) is 4.17. The molecule has 1 aromatic heterocycles. The number of anilines is 1. The van der Waals surface area contributed by atoms with Gasteiger partial charge < -0.3 is 5.73 Å². The molecule has 2 N–H and O–H groups in total. The number of likely N-dealkylation sites (N-methyl/N-ethyl adjacent to an activating group) is 1. The molecule has 0 saturated carbocycles. The summed E-state index contributed by atoms with van der Waals surface area (Å²) in [6, 6.07) is 11.2. The summed E-state index contributed by atoms with van der Waals surface area (Å²) in [7, 11) is 0. The Labute approximate surface area is 138 Å². The zero-order chi connectivity index (χ0) is 16.7. The molecule has 1 unspecified atom stereocenters. The van der Waals surface area contributed by atoms with Gasteiger partial charge in [-0.3, -0.25) is 14.7 Å². The van der Waals surface area contributed by atoms with Crippen LogP contribution in [0.5, 0.6) is 0 Å². The number of nitrogens with two attached hydrogens (primary N) is 1. The number of pyridine rings is 1. The van der Waals surface area contributed by atoms with Gasteiger partial charge in [-0.1, -0.05) is 13.8 Å². The number of nitrogens with zero attached hydrogens (tertiary/aromatic N) is 2. The van der Waals surface area contributed by atoms with Crippen LogP contribution >= 0.6 is 0 Å². The molecule has 0 aliphatic carbocycles. The Hall–Kier alpha value is -2.20. The van der Waals surface area contributed by atoms with Crippen molar-refractivity contribution in [2.45, 2.75) is 32.7 Å². The number of hydrogen-bond donors (Lipinski definition) is 1. The molecule has 0 radical (unpaired) electrons. The van der Waals surface area contributed by atoms with Crippen molar-refractivity contribution in [3.05, 3.63) is 59.9 Å². The van der Waals surface area contributed by atoms with Crippen LogP contribution in [-0.2, 0) is 6.42 Å². The molecule has 0 aliphatic heterocycles. The Bertz CT molecular complexity index is 610. The minimum Gasteiger partial charge on any atom is -0.399 e. The highest BCUT2D eigenvalue weighted by Crippen LogP contribution is 2.15. The van der Waals surface area contributed by atoms with Crippen LogP contribution in [0.15, 0.2) is 48.8 Å². The van der Waals surface area contributed by atoms with E-state index in [1.807, 2.05) is 36.7 Å². The van der Waals surface area contributed by atoms with Crippen molar-refractivity contribution in [3.63, 3.8) is 0 Å². The molecule has 0 spiro atoms. The third kappa shape index (κ3) is 4.63. The van der Waals surface area contributed by atoms with E-state index in [9.17, 15) is 4.79 Å². The van der Waals surface area contributed by atoms with Crippen LogP contribution in [-0.4, -0.2) is 34.8 Å². The zero-order valence-corrected chi connectivity index (χ0v) is 13.9. The molecule has 0 amide bonds. The number of carbonyl (C=O) groups is 1. The fourth-order valence-corrected chi connectivity index (χ4v) is 2.81. The van der Waals surface area contributed by atoms with Gasteiger partial charge in [0, 0.05) is 30.2 Å². The summed E-state index contributed by atoms with van der Waals surface area (Å²) in [6.07, 6.45) is 5.33. The van der Waals surface area contributed by atoms with Gasteiger partial charge in [0.2, 0.25) is 0 Å². The predicted molar refractivity (Wildman–Crippen MR) is 94.5 cm³/mol. The fourth-order valence-electron chi connectivity index (χ4n) is 2.81. The molecule has 0 saturated heterocycles. The largest absolute Gasteiger partial charge is 0.399 e. The lowest BCUT2D eigenvalue weighted by molar-refractivity contribution is 0.0820. The van der Waals surface area contributed by atoms with Crippen molar-refractivity contribution in [2.75, 3.05) is 18.8 Å². The highest BCUT2D eigenvalue weighted by atomic mass is 16.1. The highest BCUT2D eigenvalue weighted by Gasteiger charge is 2.24. The second kappa shape index (κ2) is 8.44. The molecule has 2 aromatic rings. The zero-order valence-electron chi connectivity index (χ0n) is 13.9. The van der Waals surface area contributed by atoms with E-state index in [2.05, 4.69) is 23.7 Å².